The molecule has 0 saturated heterocycles. The Balaban J connectivity index is 3.21. The first-order chi connectivity index (χ1) is 9.81. The Bertz CT molecular complexity index is 539. The Hall–Kier alpha value is -2.24. The van der Waals surface area contributed by atoms with Crippen molar-refractivity contribution in [2.24, 2.45) is 11.8 Å². The second-order valence-electron chi connectivity index (χ2n) is 5.08. The number of ether oxygens (including phenoxy) is 2. The molecule has 0 spiro atoms. The molecule has 1 amide bonds. The highest BCUT2D eigenvalue weighted by atomic mass is 16.5. The third-order valence-electron chi connectivity index (χ3n) is 3.43. The van der Waals surface area contributed by atoms with Crippen molar-refractivity contribution < 1.29 is 24.2 Å². The molecule has 1 rings (SSSR count). The van der Waals surface area contributed by atoms with E-state index in [0.29, 0.717) is 11.5 Å². The zero-order valence-corrected chi connectivity index (χ0v) is 12.9. The molecule has 6 heteroatoms. The van der Waals surface area contributed by atoms with Gasteiger partial charge in [-0.25, -0.2) is 4.79 Å². The van der Waals surface area contributed by atoms with Crippen LogP contribution in [0.4, 0.5) is 5.69 Å². The number of hydrogen-bond donors (Lipinski definition) is 2. The molecule has 1 atom stereocenters. The summed E-state index contributed by atoms with van der Waals surface area (Å²) in [6.07, 6.45) is 0. The molecule has 0 aromatic heterocycles. The first-order valence-corrected chi connectivity index (χ1v) is 6.62. The highest BCUT2D eigenvalue weighted by molar-refractivity contribution is 6.02. The summed E-state index contributed by atoms with van der Waals surface area (Å²) in [5.74, 6) is -0.818. The maximum Gasteiger partial charge on any atom is 0.337 e. The van der Waals surface area contributed by atoms with Gasteiger partial charge in [-0.05, 0) is 5.92 Å². The summed E-state index contributed by atoms with van der Waals surface area (Å²) in [5.41, 5.74) is 0.148. The topological polar surface area (TPSA) is 84.9 Å². The molecular formula is C15H21NO5. The van der Waals surface area contributed by atoms with Gasteiger partial charge in [-0.1, -0.05) is 20.8 Å². The van der Waals surface area contributed by atoms with Crippen molar-refractivity contribution in [2.75, 3.05) is 19.5 Å². The predicted molar refractivity (Wildman–Crippen MR) is 79.1 cm³/mol. The molecule has 0 aliphatic carbocycles. The second-order valence-corrected chi connectivity index (χ2v) is 5.08. The highest BCUT2D eigenvalue weighted by Gasteiger charge is 2.21. The van der Waals surface area contributed by atoms with Crippen molar-refractivity contribution in [3.8, 4) is 11.5 Å². The smallest absolute Gasteiger partial charge is 0.337 e. The van der Waals surface area contributed by atoms with Gasteiger partial charge < -0.3 is 19.9 Å². The minimum atomic E-state index is -1.15. The van der Waals surface area contributed by atoms with Crippen LogP contribution in [0.1, 0.15) is 31.1 Å². The number of methoxy groups -OCH3 is 2. The van der Waals surface area contributed by atoms with Gasteiger partial charge in [-0.2, -0.15) is 0 Å². The fourth-order valence-corrected chi connectivity index (χ4v) is 1.71. The summed E-state index contributed by atoms with van der Waals surface area (Å²) in [4.78, 5) is 23.4. The molecule has 1 unspecified atom stereocenters. The Kier molecular flexibility index (Phi) is 5.58. The summed E-state index contributed by atoms with van der Waals surface area (Å²) < 4.78 is 10.2. The maximum absolute atomic E-state index is 12.1. The predicted octanol–water partition coefficient (Wildman–Crippen LogP) is 2.63. The van der Waals surface area contributed by atoms with Crippen LogP contribution in [0.2, 0.25) is 0 Å². The number of carboxylic acids is 1. The van der Waals surface area contributed by atoms with Gasteiger partial charge in [0.25, 0.3) is 0 Å². The lowest BCUT2D eigenvalue weighted by Crippen LogP contribution is -2.25. The molecule has 0 saturated carbocycles. The maximum atomic E-state index is 12.1. The normalized spacial score (nSPS) is 11.9. The van der Waals surface area contributed by atoms with Crippen LogP contribution in [-0.2, 0) is 4.79 Å². The molecule has 0 fully saturated rings. The largest absolute Gasteiger partial charge is 0.493 e. The molecule has 0 radical (unpaired) electrons. The number of carboxylic acid groups (broad SMARTS) is 1. The van der Waals surface area contributed by atoms with Crippen molar-refractivity contribution in [1.82, 2.24) is 0 Å². The van der Waals surface area contributed by atoms with E-state index in [1.165, 1.54) is 26.4 Å². The van der Waals surface area contributed by atoms with Crippen LogP contribution in [0, 0.1) is 11.8 Å². The van der Waals surface area contributed by atoms with Gasteiger partial charge in [0.2, 0.25) is 5.91 Å². The minimum absolute atomic E-state index is 0.0445. The third kappa shape index (κ3) is 3.87. The number of carbonyl (C=O) groups is 2. The Morgan fingerprint density at radius 1 is 1.10 bits per heavy atom. The first-order valence-electron chi connectivity index (χ1n) is 6.62. The standard InChI is InChI=1S/C15H21NO5/c1-8(2)9(3)14(17)16-11-7-13(21-5)12(20-4)6-10(11)15(18)19/h6-9H,1-5H3,(H,16,17)(H,18,19). The van der Waals surface area contributed by atoms with E-state index >= 15 is 0 Å². The summed E-state index contributed by atoms with van der Waals surface area (Å²) in [6.45, 7) is 5.65. The van der Waals surface area contributed by atoms with Gasteiger partial charge in [-0.15, -0.1) is 0 Å². The molecule has 6 nitrogen and oxygen atoms in total. The van der Waals surface area contributed by atoms with Gasteiger partial charge in [0, 0.05) is 18.1 Å². The first kappa shape index (κ1) is 16.8. The van der Waals surface area contributed by atoms with Crippen LogP contribution in [0.5, 0.6) is 11.5 Å². The van der Waals surface area contributed by atoms with Gasteiger partial charge in [0.1, 0.15) is 0 Å². The molecule has 21 heavy (non-hydrogen) atoms. The van der Waals surface area contributed by atoms with Crippen LogP contribution in [0.3, 0.4) is 0 Å². The third-order valence-corrected chi connectivity index (χ3v) is 3.43. The Labute approximate surface area is 124 Å². The summed E-state index contributed by atoms with van der Waals surface area (Å²) >= 11 is 0. The number of anilines is 1. The number of aromatic carboxylic acids is 1. The van der Waals surface area contributed by atoms with Crippen molar-refractivity contribution in [1.29, 1.82) is 0 Å². The van der Waals surface area contributed by atoms with Crippen molar-refractivity contribution in [3.63, 3.8) is 0 Å². The number of amides is 1. The van der Waals surface area contributed by atoms with E-state index < -0.39 is 5.97 Å². The molecule has 0 bridgehead atoms. The zero-order valence-electron chi connectivity index (χ0n) is 12.9. The molecule has 0 aliphatic rings. The van der Waals surface area contributed by atoms with Gasteiger partial charge in [-0.3, -0.25) is 4.79 Å². The van der Waals surface area contributed by atoms with Gasteiger partial charge in [0.15, 0.2) is 11.5 Å². The molecule has 0 heterocycles. The van der Waals surface area contributed by atoms with Crippen LogP contribution < -0.4 is 14.8 Å². The number of rotatable bonds is 6. The van der Waals surface area contributed by atoms with Crippen molar-refractivity contribution >= 4 is 17.6 Å². The molecule has 116 valence electrons. The van der Waals surface area contributed by atoms with E-state index in [4.69, 9.17) is 9.47 Å². The van der Waals surface area contributed by atoms with E-state index in [1.54, 1.807) is 6.92 Å². The lowest BCUT2D eigenvalue weighted by Gasteiger charge is -2.18. The summed E-state index contributed by atoms with van der Waals surface area (Å²) in [7, 11) is 2.86. The van der Waals surface area contributed by atoms with E-state index in [-0.39, 0.29) is 29.0 Å². The number of benzene rings is 1. The summed E-state index contributed by atoms with van der Waals surface area (Å²) in [6, 6.07) is 2.78. The van der Waals surface area contributed by atoms with Crippen LogP contribution in [0.15, 0.2) is 12.1 Å². The van der Waals surface area contributed by atoms with Gasteiger partial charge >= 0.3 is 5.97 Å². The fourth-order valence-electron chi connectivity index (χ4n) is 1.71. The van der Waals surface area contributed by atoms with Crippen LogP contribution in [0.25, 0.3) is 0 Å². The lowest BCUT2D eigenvalue weighted by atomic mass is 9.97. The second kappa shape index (κ2) is 6.97. The van der Waals surface area contributed by atoms with Crippen LogP contribution >= 0.6 is 0 Å². The van der Waals surface area contributed by atoms with Gasteiger partial charge in [0.05, 0.1) is 25.5 Å². The molecule has 1 aromatic rings. The monoisotopic (exact) mass is 295 g/mol. The number of hydrogen-bond acceptors (Lipinski definition) is 4. The van der Waals surface area contributed by atoms with Crippen LogP contribution in [-0.4, -0.2) is 31.2 Å². The zero-order chi connectivity index (χ0) is 16.2. The Morgan fingerprint density at radius 3 is 2.05 bits per heavy atom. The average Bonchev–Trinajstić information content (AvgIpc) is 2.45. The number of nitrogens with one attached hydrogen (secondary N) is 1. The van der Waals surface area contributed by atoms with E-state index in [9.17, 15) is 14.7 Å². The number of carbonyl (C=O) groups excluding carboxylic acids is 1. The van der Waals surface area contributed by atoms with Crippen molar-refractivity contribution in [3.05, 3.63) is 17.7 Å². The quantitative estimate of drug-likeness (QED) is 0.842. The van der Waals surface area contributed by atoms with E-state index in [1.807, 2.05) is 13.8 Å². The molecular weight excluding hydrogens is 274 g/mol. The van der Waals surface area contributed by atoms with E-state index in [0.717, 1.165) is 0 Å². The Morgan fingerprint density at radius 2 is 1.62 bits per heavy atom. The van der Waals surface area contributed by atoms with E-state index in [2.05, 4.69) is 5.32 Å². The minimum Gasteiger partial charge on any atom is -0.493 e. The highest BCUT2D eigenvalue weighted by Crippen LogP contribution is 2.33. The molecule has 1 aromatic carbocycles. The van der Waals surface area contributed by atoms with Crippen molar-refractivity contribution in [2.45, 2.75) is 20.8 Å². The fraction of sp³-hybridized carbons (Fsp3) is 0.467. The SMILES string of the molecule is COc1cc(NC(=O)C(C)C(C)C)c(C(=O)O)cc1OC. The summed E-state index contributed by atoms with van der Waals surface area (Å²) in [5, 5.41) is 11.9. The molecule has 2 N–H and O–H groups in total. The average molecular weight is 295 g/mol. The lowest BCUT2D eigenvalue weighted by molar-refractivity contribution is -0.120. The molecule has 0 aliphatic heterocycles.